The topological polar surface area (TPSA) is 72.7 Å². The Morgan fingerprint density at radius 2 is 2.14 bits per heavy atom. The number of hydrogen-bond donors (Lipinski definition) is 1. The Bertz CT molecular complexity index is 680. The second kappa shape index (κ2) is 5.46. The first-order valence-electron chi connectivity index (χ1n) is 7.48. The van der Waals surface area contributed by atoms with Gasteiger partial charge >= 0.3 is 0 Å². The molecule has 1 aliphatic carbocycles. The van der Waals surface area contributed by atoms with Gasteiger partial charge in [0.1, 0.15) is 10.8 Å². The number of hydrogen-bond acceptors (Lipinski definition) is 5. The number of nitrogens with one attached hydrogen (secondary N) is 1. The third-order valence-corrected chi connectivity index (χ3v) is 5.13. The van der Waals surface area contributed by atoms with E-state index < -0.39 is 0 Å². The number of imidazole rings is 1. The summed E-state index contributed by atoms with van der Waals surface area (Å²) in [6.07, 6.45) is 5.92. The first kappa shape index (κ1) is 15.1. The third-order valence-electron chi connectivity index (χ3n) is 3.78. The molecule has 0 radical (unpaired) electrons. The average molecular weight is 319 g/mol. The molecule has 1 saturated carbocycles. The van der Waals surface area contributed by atoms with Crippen LogP contribution >= 0.6 is 11.3 Å². The number of aryl methyl sites for hydroxylation is 1. The lowest BCUT2D eigenvalue weighted by Crippen LogP contribution is -2.31. The first-order valence-corrected chi connectivity index (χ1v) is 8.30. The van der Waals surface area contributed by atoms with Crippen molar-refractivity contribution in [3.63, 3.8) is 0 Å². The maximum Gasteiger partial charge on any atom is 0.282 e. The van der Waals surface area contributed by atoms with Crippen LogP contribution in [0.2, 0.25) is 0 Å². The van der Waals surface area contributed by atoms with Gasteiger partial charge in [-0.3, -0.25) is 4.79 Å². The molecule has 3 rings (SSSR count). The number of rotatable bonds is 4. The van der Waals surface area contributed by atoms with Gasteiger partial charge in [-0.1, -0.05) is 32.1 Å². The van der Waals surface area contributed by atoms with E-state index in [1.54, 1.807) is 6.20 Å². The predicted octanol–water partition coefficient (Wildman–Crippen LogP) is 2.45. The normalized spacial score (nSPS) is 16.5. The van der Waals surface area contributed by atoms with Crippen molar-refractivity contribution in [1.82, 2.24) is 25.1 Å². The molecule has 118 valence electrons. The van der Waals surface area contributed by atoms with Gasteiger partial charge in [0.15, 0.2) is 0 Å². The maximum absolute atomic E-state index is 12.5. The first-order chi connectivity index (χ1) is 10.4. The van der Waals surface area contributed by atoms with Crippen LogP contribution < -0.4 is 5.32 Å². The molecule has 1 aliphatic rings. The van der Waals surface area contributed by atoms with Gasteiger partial charge in [0, 0.05) is 24.9 Å². The standard InChI is InChI=1S/C15H21N5OS/c1-15(2,3)14-19-18-13(22-14)12(21)17-10(9-5-6-9)11-16-7-8-20(11)4/h7-10H,5-6H2,1-4H3,(H,17,21). The molecule has 1 unspecified atom stereocenters. The van der Waals surface area contributed by atoms with Gasteiger partial charge < -0.3 is 9.88 Å². The molecular weight excluding hydrogens is 298 g/mol. The summed E-state index contributed by atoms with van der Waals surface area (Å²) in [5.41, 5.74) is -0.0915. The fourth-order valence-electron chi connectivity index (χ4n) is 2.32. The lowest BCUT2D eigenvalue weighted by molar-refractivity contribution is 0.0928. The Hall–Kier alpha value is -1.76. The van der Waals surface area contributed by atoms with Gasteiger partial charge in [0.25, 0.3) is 5.91 Å². The predicted molar refractivity (Wildman–Crippen MR) is 84.7 cm³/mol. The third kappa shape index (κ3) is 3.04. The Morgan fingerprint density at radius 3 is 2.64 bits per heavy atom. The molecule has 0 saturated heterocycles. The molecule has 7 heteroatoms. The number of aromatic nitrogens is 4. The van der Waals surface area contributed by atoms with E-state index in [9.17, 15) is 4.79 Å². The van der Waals surface area contributed by atoms with Crippen molar-refractivity contribution in [3.05, 3.63) is 28.2 Å². The van der Waals surface area contributed by atoms with Gasteiger partial charge in [0.2, 0.25) is 5.01 Å². The van der Waals surface area contributed by atoms with Crippen LogP contribution in [0.15, 0.2) is 12.4 Å². The van der Waals surface area contributed by atoms with Crippen LogP contribution in [-0.4, -0.2) is 25.7 Å². The summed E-state index contributed by atoms with van der Waals surface area (Å²) in [6, 6.07) is -0.0468. The summed E-state index contributed by atoms with van der Waals surface area (Å²) >= 11 is 1.36. The zero-order chi connectivity index (χ0) is 15.9. The van der Waals surface area contributed by atoms with Crippen molar-refractivity contribution < 1.29 is 4.79 Å². The number of amides is 1. The highest BCUT2D eigenvalue weighted by molar-refractivity contribution is 7.13. The largest absolute Gasteiger partial charge is 0.340 e. The van der Waals surface area contributed by atoms with Gasteiger partial charge in [-0.2, -0.15) is 0 Å². The molecule has 1 atom stereocenters. The molecule has 1 N–H and O–H groups in total. The summed E-state index contributed by atoms with van der Waals surface area (Å²) < 4.78 is 1.96. The van der Waals surface area contributed by atoms with Crippen LogP contribution in [0.3, 0.4) is 0 Å². The second-order valence-electron chi connectivity index (χ2n) is 6.85. The van der Waals surface area contributed by atoms with E-state index in [4.69, 9.17) is 0 Å². The van der Waals surface area contributed by atoms with Crippen molar-refractivity contribution in [2.45, 2.75) is 45.1 Å². The van der Waals surface area contributed by atoms with Crippen molar-refractivity contribution in [1.29, 1.82) is 0 Å². The molecule has 2 aromatic rings. The van der Waals surface area contributed by atoms with Crippen molar-refractivity contribution in [2.24, 2.45) is 13.0 Å². The number of carbonyl (C=O) groups excluding carboxylic acids is 1. The minimum Gasteiger partial charge on any atom is -0.340 e. The van der Waals surface area contributed by atoms with Crippen molar-refractivity contribution in [2.75, 3.05) is 0 Å². The summed E-state index contributed by atoms with van der Waals surface area (Å²) in [6.45, 7) is 6.20. The zero-order valence-electron chi connectivity index (χ0n) is 13.3. The SMILES string of the molecule is Cn1ccnc1C(NC(=O)c1nnc(C(C)(C)C)s1)C1CC1. The fraction of sp³-hybridized carbons (Fsp3) is 0.600. The number of nitrogens with zero attached hydrogens (tertiary/aromatic N) is 4. The van der Waals surface area contributed by atoms with Crippen LogP contribution in [0.1, 0.15) is 60.3 Å². The van der Waals surface area contributed by atoms with Crippen LogP contribution in [0.25, 0.3) is 0 Å². The van der Waals surface area contributed by atoms with E-state index in [0.29, 0.717) is 10.9 Å². The highest BCUT2D eigenvalue weighted by Crippen LogP contribution is 2.40. The van der Waals surface area contributed by atoms with Crippen LogP contribution in [0.4, 0.5) is 0 Å². The van der Waals surface area contributed by atoms with E-state index >= 15 is 0 Å². The Kier molecular flexibility index (Phi) is 3.76. The lowest BCUT2D eigenvalue weighted by atomic mass is 9.98. The molecule has 6 nitrogen and oxygen atoms in total. The van der Waals surface area contributed by atoms with Crippen molar-refractivity contribution in [3.8, 4) is 0 Å². The summed E-state index contributed by atoms with van der Waals surface area (Å²) in [5.74, 6) is 1.21. The minimum absolute atomic E-state index is 0.0468. The molecular formula is C15H21N5OS. The average Bonchev–Trinajstić information content (AvgIpc) is 2.97. The van der Waals surface area contributed by atoms with Gasteiger partial charge in [0.05, 0.1) is 6.04 Å². The molecule has 1 amide bonds. The highest BCUT2D eigenvalue weighted by Gasteiger charge is 2.36. The van der Waals surface area contributed by atoms with Crippen LogP contribution in [-0.2, 0) is 12.5 Å². The molecule has 1 fully saturated rings. The zero-order valence-corrected chi connectivity index (χ0v) is 14.1. The molecule has 2 aromatic heterocycles. The summed E-state index contributed by atoms with van der Waals surface area (Å²) in [7, 11) is 1.95. The maximum atomic E-state index is 12.5. The van der Waals surface area contributed by atoms with Gasteiger partial charge in [-0.05, 0) is 18.8 Å². The second-order valence-corrected chi connectivity index (χ2v) is 7.82. The fourth-order valence-corrected chi connectivity index (χ4v) is 3.12. The Morgan fingerprint density at radius 1 is 1.41 bits per heavy atom. The molecule has 22 heavy (non-hydrogen) atoms. The van der Waals surface area contributed by atoms with Crippen LogP contribution in [0.5, 0.6) is 0 Å². The Balaban J connectivity index is 1.77. The monoisotopic (exact) mass is 319 g/mol. The number of carbonyl (C=O) groups is 1. The lowest BCUT2D eigenvalue weighted by Gasteiger charge is -2.17. The van der Waals surface area contributed by atoms with E-state index in [1.165, 1.54) is 11.3 Å². The van der Waals surface area contributed by atoms with Crippen molar-refractivity contribution >= 4 is 17.2 Å². The van der Waals surface area contributed by atoms with E-state index in [2.05, 4.69) is 41.3 Å². The van der Waals surface area contributed by atoms with E-state index in [1.807, 2.05) is 17.8 Å². The summed E-state index contributed by atoms with van der Waals surface area (Å²) in [5, 5.41) is 12.6. The highest BCUT2D eigenvalue weighted by atomic mass is 32.1. The summed E-state index contributed by atoms with van der Waals surface area (Å²) in [4.78, 5) is 16.9. The quantitative estimate of drug-likeness (QED) is 0.939. The Labute approximate surface area is 134 Å². The molecule has 0 aliphatic heterocycles. The van der Waals surface area contributed by atoms with E-state index in [-0.39, 0.29) is 17.4 Å². The molecule has 0 bridgehead atoms. The molecule has 0 aromatic carbocycles. The molecule has 2 heterocycles. The smallest absolute Gasteiger partial charge is 0.282 e. The van der Waals surface area contributed by atoms with Crippen LogP contribution in [0, 0.1) is 5.92 Å². The minimum atomic E-state index is -0.159. The molecule has 0 spiro atoms. The van der Waals surface area contributed by atoms with E-state index in [0.717, 1.165) is 23.7 Å². The van der Waals surface area contributed by atoms with Gasteiger partial charge in [-0.15, -0.1) is 10.2 Å². The van der Waals surface area contributed by atoms with Gasteiger partial charge in [-0.25, -0.2) is 4.98 Å².